The fourth-order valence-corrected chi connectivity index (χ4v) is 4.17. The molecule has 2 aromatic carbocycles. The standard InChI is InChI=1S/C26H20ClF3N6O2/c1-15-10-23(34-35(15)14-16-4-3-5-18(27)11-16)33-25(37)20-13-31-36-22(26(28,29)30)12-21(32-24(20)36)17-6-8-19(38-2)9-7-17/h3-13H,14H2,1-2H3,(H,33,34,37). The number of nitrogens with zero attached hydrogens (tertiary/aromatic N) is 5. The summed E-state index contributed by atoms with van der Waals surface area (Å²) in [6, 6.07) is 16.2. The first kappa shape index (κ1) is 25.3. The van der Waals surface area contributed by atoms with Crippen molar-refractivity contribution in [3.05, 3.63) is 94.4 Å². The van der Waals surface area contributed by atoms with Crippen LogP contribution in [0.3, 0.4) is 0 Å². The van der Waals surface area contributed by atoms with E-state index in [1.54, 1.807) is 41.1 Å². The summed E-state index contributed by atoms with van der Waals surface area (Å²) in [5, 5.41) is 11.4. The Morgan fingerprint density at radius 1 is 1.11 bits per heavy atom. The second-order valence-corrected chi connectivity index (χ2v) is 8.90. The number of alkyl halides is 3. The Bertz CT molecular complexity index is 1640. The number of rotatable bonds is 6. The number of benzene rings is 2. The molecule has 0 bridgehead atoms. The Hall–Kier alpha value is -4.38. The zero-order chi connectivity index (χ0) is 27.0. The van der Waals surface area contributed by atoms with Gasteiger partial charge in [0.2, 0.25) is 0 Å². The average molecular weight is 541 g/mol. The largest absolute Gasteiger partial charge is 0.497 e. The summed E-state index contributed by atoms with van der Waals surface area (Å²) in [6.45, 7) is 2.24. The van der Waals surface area contributed by atoms with E-state index in [4.69, 9.17) is 16.3 Å². The highest BCUT2D eigenvalue weighted by Crippen LogP contribution is 2.33. The van der Waals surface area contributed by atoms with Crippen molar-refractivity contribution in [2.75, 3.05) is 12.4 Å². The van der Waals surface area contributed by atoms with Crippen LogP contribution in [-0.4, -0.2) is 37.4 Å². The molecular weight excluding hydrogens is 521 g/mol. The van der Waals surface area contributed by atoms with Crippen molar-refractivity contribution in [2.24, 2.45) is 0 Å². The SMILES string of the molecule is COc1ccc(-c2cc(C(F)(F)F)n3ncc(C(=O)Nc4cc(C)n(Cc5cccc(Cl)c5)n4)c3n2)cc1. The van der Waals surface area contributed by atoms with Crippen molar-refractivity contribution in [2.45, 2.75) is 19.6 Å². The van der Waals surface area contributed by atoms with Gasteiger partial charge in [-0.15, -0.1) is 0 Å². The number of carbonyl (C=O) groups is 1. The molecule has 0 fully saturated rings. The summed E-state index contributed by atoms with van der Waals surface area (Å²) < 4.78 is 49.1. The molecule has 0 aliphatic rings. The van der Waals surface area contributed by atoms with Gasteiger partial charge in [0.1, 0.15) is 11.3 Å². The molecule has 1 N–H and O–H groups in total. The van der Waals surface area contributed by atoms with E-state index in [1.165, 1.54) is 7.11 Å². The molecule has 8 nitrogen and oxygen atoms in total. The molecule has 0 unspecified atom stereocenters. The van der Waals surface area contributed by atoms with Gasteiger partial charge < -0.3 is 10.1 Å². The number of hydrogen-bond acceptors (Lipinski definition) is 5. The number of methoxy groups -OCH3 is 1. The number of halogens is 4. The normalized spacial score (nSPS) is 11.6. The highest BCUT2D eigenvalue weighted by molar-refractivity contribution is 6.30. The Morgan fingerprint density at radius 3 is 2.55 bits per heavy atom. The molecule has 3 heterocycles. The maximum atomic E-state index is 13.9. The Balaban J connectivity index is 1.48. The van der Waals surface area contributed by atoms with Crippen molar-refractivity contribution in [3.8, 4) is 17.0 Å². The molecule has 1 amide bonds. The molecule has 0 spiro atoms. The zero-order valence-electron chi connectivity index (χ0n) is 20.1. The summed E-state index contributed by atoms with van der Waals surface area (Å²) in [7, 11) is 1.49. The average Bonchev–Trinajstić information content (AvgIpc) is 3.45. The number of anilines is 1. The number of carbonyl (C=O) groups excluding carboxylic acids is 1. The maximum absolute atomic E-state index is 13.9. The van der Waals surface area contributed by atoms with Crippen LogP contribution in [0.5, 0.6) is 5.75 Å². The third-order valence-electron chi connectivity index (χ3n) is 5.84. The van der Waals surface area contributed by atoms with Crippen LogP contribution in [-0.2, 0) is 12.7 Å². The Morgan fingerprint density at radius 2 is 1.87 bits per heavy atom. The molecule has 5 aromatic rings. The van der Waals surface area contributed by atoms with Crippen LogP contribution in [0.4, 0.5) is 19.0 Å². The number of aryl methyl sites for hydroxylation is 1. The number of nitrogens with one attached hydrogen (secondary N) is 1. The van der Waals surface area contributed by atoms with Gasteiger partial charge in [-0.3, -0.25) is 9.48 Å². The van der Waals surface area contributed by atoms with Crippen molar-refractivity contribution >= 4 is 29.0 Å². The predicted molar refractivity (Wildman–Crippen MR) is 135 cm³/mol. The lowest BCUT2D eigenvalue weighted by Crippen LogP contribution is -2.16. The third-order valence-corrected chi connectivity index (χ3v) is 6.07. The molecule has 38 heavy (non-hydrogen) atoms. The second kappa shape index (κ2) is 9.82. The number of hydrogen-bond donors (Lipinski definition) is 1. The first-order valence-corrected chi connectivity index (χ1v) is 11.7. The molecule has 0 saturated carbocycles. The van der Waals surface area contributed by atoms with Crippen molar-refractivity contribution in [3.63, 3.8) is 0 Å². The lowest BCUT2D eigenvalue weighted by Gasteiger charge is -2.12. The first-order chi connectivity index (χ1) is 18.1. The molecule has 0 aliphatic carbocycles. The van der Waals surface area contributed by atoms with Gasteiger partial charge in [-0.1, -0.05) is 23.7 Å². The van der Waals surface area contributed by atoms with Gasteiger partial charge in [0.15, 0.2) is 17.2 Å². The molecule has 0 saturated heterocycles. The zero-order valence-corrected chi connectivity index (χ0v) is 20.9. The summed E-state index contributed by atoms with van der Waals surface area (Å²) >= 11 is 6.06. The van der Waals surface area contributed by atoms with E-state index in [1.807, 2.05) is 25.1 Å². The van der Waals surface area contributed by atoms with Gasteiger partial charge in [0, 0.05) is 22.3 Å². The minimum absolute atomic E-state index is 0.0312. The quantitative estimate of drug-likeness (QED) is 0.290. The Labute approximate surface area is 219 Å². The monoisotopic (exact) mass is 540 g/mol. The smallest absolute Gasteiger partial charge is 0.433 e. The number of fused-ring (bicyclic) bond motifs is 1. The van der Waals surface area contributed by atoms with E-state index < -0.39 is 17.8 Å². The maximum Gasteiger partial charge on any atom is 0.433 e. The van der Waals surface area contributed by atoms with Crippen LogP contribution in [0.15, 0.2) is 66.9 Å². The molecule has 5 rings (SSSR count). The van der Waals surface area contributed by atoms with Crippen LogP contribution < -0.4 is 10.1 Å². The molecule has 0 radical (unpaired) electrons. The van der Waals surface area contributed by atoms with Crippen LogP contribution in [0.25, 0.3) is 16.9 Å². The van der Waals surface area contributed by atoms with Crippen LogP contribution in [0.1, 0.15) is 27.3 Å². The fraction of sp³-hybridized carbons (Fsp3) is 0.154. The van der Waals surface area contributed by atoms with E-state index in [-0.39, 0.29) is 22.7 Å². The minimum atomic E-state index is -4.74. The molecule has 194 valence electrons. The van der Waals surface area contributed by atoms with E-state index in [9.17, 15) is 18.0 Å². The number of ether oxygens (including phenoxy) is 1. The van der Waals surface area contributed by atoms with Crippen molar-refractivity contribution in [1.82, 2.24) is 24.4 Å². The van der Waals surface area contributed by atoms with Gasteiger partial charge in [-0.05, 0) is 55.0 Å². The van der Waals surface area contributed by atoms with E-state index in [0.29, 0.717) is 27.4 Å². The lowest BCUT2D eigenvalue weighted by molar-refractivity contribution is -0.142. The molecule has 0 atom stereocenters. The van der Waals surface area contributed by atoms with E-state index >= 15 is 0 Å². The number of amides is 1. The topological polar surface area (TPSA) is 86.3 Å². The van der Waals surface area contributed by atoms with Crippen molar-refractivity contribution < 1.29 is 22.7 Å². The van der Waals surface area contributed by atoms with Gasteiger partial charge in [-0.25, -0.2) is 9.50 Å². The van der Waals surface area contributed by atoms with Crippen molar-refractivity contribution in [1.29, 1.82) is 0 Å². The molecule has 0 aliphatic heterocycles. The summed E-state index contributed by atoms with van der Waals surface area (Å²) in [4.78, 5) is 17.5. The minimum Gasteiger partial charge on any atom is -0.497 e. The van der Waals surface area contributed by atoms with Crippen LogP contribution in [0, 0.1) is 6.92 Å². The number of aromatic nitrogens is 5. The van der Waals surface area contributed by atoms with Gasteiger partial charge in [-0.2, -0.15) is 23.4 Å². The highest BCUT2D eigenvalue weighted by atomic mass is 35.5. The second-order valence-electron chi connectivity index (χ2n) is 8.46. The molecule has 12 heteroatoms. The Kier molecular flexibility index (Phi) is 6.53. The molecule has 3 aromatic heterocycles. The van der Waals surface area contributed by atoms with Crippen LogP contribution >= 0.6 is 11.6 Å². The summed E-state index contributed by atoms with van der Waals surface area (Å²) in [6.07, 6.45) is -3.68. The fourth-order valence-electron chi connectivity index (χ4n) is 3.96. The van der Waals surface area contributed by atoms with E-state index in [2.05, 4.69) is 20.5 Å². The summed E-state index contributed by atoms with van der Waals surface area (Å²) in [5.74, 6) is 0.0801. The predicted octanol–water partition coefficient (Wildman–Crippen LogP) is 5.88. The van der Waals surface area contributed by atoms with Gasteiger partial charge in [0.05, 0.1) is 25.5 Å². The lowest BCUT2D eigenvalue weighted by atomic mass is 10.1. The van der Waals surface area contributed by atoms with Gasteiger partial charge >= 0.3 is 6.18 Å². The van der Waals surface area contributed by atoms with E-state index in [0.717, 1.165) is 23.5 Å². The molecular formula is C26H20ClF3N6O2. The van der Waals surface area contributed by atoms with Gasteiger partial charge in [0.25, 0.3) is 5.91 Å². The van der Waals surface area contributed by atoms with Crippen LogP contribution in [0.2, 0.25) is 5.02 Å². The first-order valence-electron chi connectivity index (χ1n) is 11.3. The summed E-state index contributed by atoms with van der Waals surface area (Å²) in [5.41, 5.74) is 0.698. The highest BCUT2D eigenvalue weighted by Gasteiger charge is 2.36. The third kappa shape index (κ3) is 5.05.